The molecule has 0 unspecified atom stereocenters. The summed E-state index contributed by atoms with van der Waals surface area (Å²) in [5, 5.41) is 11.5. The molecule has 2 aromatic rings. The number of aliphatic carboxylic acids is 1. The van der Waals surface area contributed by atoms with Crippen molar-refractivity contribution in [2.45, 2.75) is 26.0 Å². The van der Waals surface area contributed by atoms with Gasteiger partial charge >= 0.3 is 5.97 Å². The Morgan fingerprint density at radius 1 is 1.15 bits per heavy atom. The number of methoxy groups -OCH3 is 1. The molecule has 0 saturated carbocycles. The predicted molar refractivity (Wildman–Crippen MR) is 97.5 cm³/mol. The highest BCUT2D eigenvalue weighted by Crippen LogP contribution is 2.37. The van der Waals surface area contributed by atoms with Gasteiger partial charge in [0.25, 0.3) is 0 Å². The molecule has 2 N–H and O–H groups in total. The number of halogens is 2. The highest BCUT2D eigenvalue weighted by atomic mass is 35.5. The Kier molecular flexibility index (Phi) is 7.43. The second-order valence-electron chi connectivity index (χ2n) is 5.69. The Morgan fingerprint density at radius 3 is 2.48 bits per heavy atom. The number of carbonyl (C=O) groups excluding carboxylic acids is 1. The molecular formula is C19H19ClFNO5. The first-order valence-electron chi connectivity index (χ1n) is 8.11. The first kappa shape index (κ1) is 20.5. The molecule has 1 amide bonds. The van der Waals surface area contributed by atoms with Gasteiger partial charge in [-0.2, -0.15) is 0 Å². The van der Waals surface area contributed by atoms with Gasteiger partial charge in [-0.3, -0.25) is 9.59 Å². The van der Waals surface area contributed by atoms with Gasteiger partial charge in [-0.1, -0.05) is 23.7 Å². The molecule has 27 heavy (non-hydrogen) atoms. The van der Waals surface area contributed by atoms with Gasteiger partial charge in [0.2, 0.25) is 5.91 Å². The number of ether oxygens (including phenoxy) is 2. The second kappa shape index (κ2) is 9.78. The first-order chi connectivity index (χ1) is 12.9. The monoisotopic (exact) mass is 395 g/mol. The minimum atomic E-state index is -1.03. The Morgan fingerprint density at radius 2 is 1.85 bits per heavy atom. The minimum Gasteiger partial charge on any atom is -0.493 e. The Labute approximate surface area is 160 Å². The van der Waals surface area contributed by atoms with Crippen LogP contribution in [0.3, 0.4) is 0 Å². The molecule has 0 fully saturated rings. The van der Waals surface area contributed by atoms with Gasteiger partial charge in [0.1, 0.15) is 12.4 Å². The van der Waals surface area contributed by atoms with Crippen molar-refractivity contribution in [2.75, 3.05) is 7.11 Å². The Hall–Kier alpha value is -2.80. The number of carboxylic acid groups (broad SMARTS) is 1. The summed E-state index contributed by atoms with van der Waals surface area (Å²) in [6.45, 7) is 0.356. The van der Waals surface area contributed by atoms with Crippen molar-refractivity contribution in [1.82, 2.24) is 5.32 Å². The van der Waals surface area contributed by atoms with Crippen LogP contribution in [0, 0.1) is 5.82 Å². The molecule has 0 heterocycles. The van der Waals surface area contributed by atoms with E-state index in [9.17, 15) is 14.0 Å². The van der Waals surface area contributed by atoms with E-state index in [1.165, 1.54) is 19.2 Å². The van der Waals surface area contributed by atoms with Gasteiger partial charge in [0, 0.05) is 13.0 Å². The third-order valence-corrected chi connectivity index (χ3v) is 3.92. The maximum Gasteiger partial charge on any atom is 0.303 e. The molecule has 6 nitrogen and oxygen atoms in total. The Balaban J connectivity index is 2.02. The van der Waals surface area contributed by atoms with Crippen LogP contribution in [0.1, 0.15) is 24.0 Å². The summed E-state index contributed by atoms with van der Waals surface area (Å²) in [6, 6.07) is 9.19. The number of rotatable bonds is 9. The minimum absolute atomic E-state index is 0.0981. The van der Waals surface area contributed by atoms with Crippen LogP contribution >= 0.6 is 11.6 Å². The lowest BCUT2D eigenvalue weighted by atomic mass is 10.2. The van der Waals surface area contributed by atoms with Crippen LogP contribution in [0.5, 0.6) is 11.5 Å². The molecule has 0 bridgehead atoms. The quantitative estimate of drug-likeness (QED) is 0.678. The number of carbonyl (C=O) groups is 2. The first-order valence-corrected chi connectivity index (χ1v) is 8.49. The zero-order chi connectivity index (χ0) is 19.8. The van der Waals surface area contributed by atoms with Crippen LogP contribution in [-0.2, 0) is 22.7 Å². The standard InChI is InChI=1S/C19H19ClFNO5/c1-26-16-9-13(10-22-17(23)6-7-18(24)25)8-15(20)19(16)27-11-12-2-4-14(21)5-3-12/h2-5,8-9H,6-7,10-11H2,1H3,(H,22,23)(H,24,25). The number of hydrogen-bond donors (Lipinski definition) is 2. The van der Waals surface area contributed by atoms with Gasteiger partial charge in [0.05, 0.1) is 18.6 Å². The van der Waals surface area contributed by atoms with Gasteiger partial charge in [0.15, 0.2) is 11.5 Å². The zero-order valence-electron chi connectivity index (χ0n) is 14.6. The van der Waals surface area contributed by atoms with Crippen molar-refractivity contribution >= 4 is 23.5 Å². The summed E-state index contributed by atoms with van der Waals surface area (Å²) in [7, 11) is 1.46. The fourth-order valence-corrected chi connectivity index (χ4v) is 2.55. The normalized spacial score (nSPS) is 10.3. The van der Waals surface area contributed by atoms with Crippen LogP contribution in [0.2, 0.25) is 5.02 Å². The summed E-state index contributed by atoms with van der Waals surface area (Å²) < 4.78 is 24.0. The fraction of sp³-hybridized carbons (Fsp3) is 0.263. The number of amides is 1. The van der Waals surface area contributed by atoms with Gasteiger partial charge in [-0.15, -0.1) is 0 Å². The number of carboxylic acids is 1. The highest BCUT2D eigenvalue weighted by Gasteiger charge is 2.13. The van der Waals surface area contributed by atoms with E-state index in [2.05, 4.69) is 5.32 Å². The summed E-state index contributed by atoms with van der Waals surface area (Å²) in [4.78, 5) is 22.1. The number of benzene rings is 2. The molecular weight excluding hydrogens is 377 g/mol. The van der Waals surface area contributed by atoms with Crippen molar-refractivity contribution in [3.63, 3.8) is 0 Å². The maximum atomic E-state index is 13.0. The maximum absolute atomic E-state index is 13.0. The van der Waals surface area contributed by atoms with E-state index in [1.807, 2.05) is 0 Å². The third kappa shape index (κ3) is 6.45. The van der Waals surface area contributed by atoms with E-state index in [0.717, 1.165) is 5.56 Å². The van der Waals surface area contributed by atoms with Gasteiger partial charge in [-0.05, 0) is 35.4 Å². The van der Waals surface area contributed by atoms with E-state index < -0.39 is 5.97 Å². The van der Waals surface area contributed by atoms with E-state index in [4.69, 9.17) is 26.2 Å². The summed E-state index contributed by atoms with van der Waals surface area (Å²) in [6.07, 6.45) is -0.328. The zero-order valence-corrected chi connectivity index (χ0v) is 15.4. The summed E-state index contributed by atoms with van der Waals surface area (Å²) in [5.74, 6) is -1.00. The van der Waals surface area contributed by atoms with Crippen molar-refractivity contribution in [3.05, 3.63) is 58.4 Å². The number of nitrogens with one attached hydrogen (secondary N) is 1. The smallest absolute Gasteiger partial charge is 0.303 e. The molecule has 0 aliphatic carbocycles. The average molecular weight is 396 g/mol. The number of hydrogen-bond acceptors (Lipinski definition) is 4. The molecule has 0 aliphatic rings. The molecule has 0 spiro atoms. The van der Waals surface area contributed by atoms with E-state index in [1.54, 1.807) is 24.3 Å². The van der Waals surface area contributed by atoms with Crippen molar-refractivity contribution < 1.29 is 28.6 Å². The fourth-order valence-electron chi connectivity index (χ4n) is 2.26. The lowest BCUT2D eigenvalue weighted by Crippen LogP contribution is -2.23. The van der Waals surface area contributed by atoms with E-state index >= 15 is 0 Å². The SMILES string of the molecule is COc1cc(CNC(=O)CCC(=O)O)cc(Cl)c1OCc1ccc(F)cc1. The van der Waals surface area contributed by atoms with Crippen LogP contribution in [-0.4, -0.2) is 24.1 Å². The van der Waals surface area contributed by atoms with E-state index in [0.29, 0.717) is 22.1 Å². The van der Waals surface area contributed by atoms with Crippen LogP contribution in [0.15, 0.2) is 36.4 Å². The van der Waals surface area contributed by atoms with Crippen LogP contribution in [0.4, 0.5) is 4.39 Å². The van der Waals surface area contributed by atoms with Gasteiger partial charge in [-0.25, -0.2) is 4.39 Å². The third-order valence-electron chi connectivity index (χ3n) is 3.64. The molecule has 2 rings (SSSR count). The molecule has 0 atom stereocenters. The lowest BCUT2D eigenvalue weighted by Gasteiger charge is -2.14. The second-order valence-corrected chi connectivity index (χ2v) is 6.10. The molecule has 0 aromatic heterocycles. The van der Waals surface area contributed by atoms with Crippen LogP contribution < -0.4 is 14.8 Å². The lowest BCUT2D eigenvalue weighted by molar-refractivity contribution is -0.138. The van der Waals surface area contributed by atoms with Gasteiger partial charge < -0.3 is 19.9 Å². The molecule has 8 heteroatoms. The molecule has 2 aromatic carbocycles. The summed E-state index contributed by atoms with van der Waals surface area (Å²) >= 11 is 6.27. The summed E-state index contributed by atoms with van der Waals surface area (Å²) in [5.41, 5.74) is 1.44. The topological polar surface area (TPSA) is 84.9 Å². The molecule has 144 valence electrons. The Bertz CT molecular complexity index is 810. The molecule has 0 radical (unpaired) electrons. The largest absolute Gasteiger partial charge is 0.493 e. The van der Waals surface area contributed by atoms with Crippen molar-refractivity contribution in [1.29, 1.82) is 0 Å². The van der Waals surface area contributed by atoms with Crippen molar-refractivity contribution in [2.24, 2.45) is 0 Å². The van der Waals surface area contributed by atoms with Crippen molar-refractivity contribution in [3.8, 4) is 11.5 Å². The van der Waals surface area contributed by atoms with Crippen LogP contribution in [0.25, 0.3) is 0 Å². The molecule has 0 saturated heterocycles. The highest BCUT2D eigenvalue weighted by molar-refractivity contribution is 6.32. The molecule has 0 aliphatic heterocycles. The predicted octanol–water partition coefficient (Wildman–Crippen LogP) is 3.55. The average Bonchev–Trinajstić information content (AvgIpc) is 2.64. The van der Waals surface area contributed by atoms with E-state index in [-0.39, 0.29) is 37.7 Å².